The van der Waals surface area contributed by atoms with Gasteiger partial charge in [0.1, 0.15) is 0 Å². The van der Waals surface area contributed by atoms with Crippen molar-refractivity contribution in [2.45, 2.75) is 38.7 Å². The lowest BCUT2D eigenvalue weighted by atomic mass is 10.0. The topological polar surface area (TPSA) is 78.4 Å². The van der Waals surface area contributed by atoms with Gasteiger partial charge in [-0.1, -0.05) is 36.6 Å². The van der Waals surface area contributed by atoms with Crippen LogP contribution in [0.2, 0.25) is 5.02 Å². The van der Waals surface area contributed by atoms with Crippen molar-refractivity contribution in [2.24, 2.45) is 5.92 Å². The summed E-state index contributed by atoms with van der Waals surface area (Å²) < 4.78 is 0. The van der Waals surface area contributed by atoms with Crippen LogP contribution in [0.15, 0.2) is 18.2 Å². The first-order valence-electron chi connectivity index (χ1n) is 7.51. The summed E-state index contributed by atoms with van der Waals surface area (Å²) in [6, 6.07) is 5.20. The van der Waals surface area contributed by atoms with E-state index in [1.807, 2.05) is 13.0 Å². The molecule has 2 rings (SSSR count). The van der Waals surface area contributed by atoms with Crippen LogP contribution in [-0.2, 0) is 9.59 Å². The van der Waals surface area contributed by atoms with Crippen LogP contribution in [0.4, 0.5) is 5.69 Å². The summed E-state index contributed by atoms with van der Waals surface area (Å²) in [7, 11) is 0. The van der Waals surface area contributed by atoms with Gasteiger partial charge >= 0.3 is 11.8 Å². The third-order valence-corrected chi connectivity index (χ3v) is 4.56. The number of rotatable bonds is 4. The number of amides is 2. The first kappa shape index (κ1) is 16.8. The lowest BCUT2D eigenvalue weighted by Gasteiger charge is -2.18. The quantitative estimate of drug-likeness (QED) is 0.743. The van der Waals surface area contributed by atoms with E-state index in [2.05, 4.69) is 10.6 Å². The van der Waals surface area contributed by atoms with E-state index >= 15 is 0 Å². The molecule has 0 spiro atoms. The van der Waals surface area contributed by atoms with E-state index in [4.69, 9.17) is 11.6 Å². The van der Waals surface area contributed by atoms with Crippen molar-refractivity contribution >= 4 is 29.1 Å². The Balaban J connectivity index is 1.84. The second kappa shape index (κ2) is 7.61. The number of aryl methyl sites for hydroxylation is 1. The second-order valence-corrected chi connectivity index (χ2v) is 6.09. The number of aliphatic hydroxyl groups excluding tert-OH is 1. The number of aliphatic hydroxyl groups is 1. The molecule has 1 aromatic rings. The minimum absolute atomic E-state index is 0.0957. The average molecular weight is 325 g/mol. The van der Waals surface area contributed by atoms with Crippen LogP contribution in [0.5, 0.6) is 0 Å². The molecule has 120 valence electrons. The van der Waals surface area contributed by atoms with Crippen molar-refractivity contribution in [2.75, 3.05) is 11.9 Å². The number of benzene rings is 1. The number of anilines is 1. The van der Waals surface area contributed by atoms with Crippen LogP contribution in [0, 0.1) is 12.8 Å². The summed E-state index contributed by atoms with van der Waals surface area (Å²) >= 11 is 6.07. The van der Waals surface area contributed by atoms with Crippen molar-refractivity contribution < 1.29 is 14.7 Å². The molecule has 0 radical (unpaired) electrons. The summed E-state index contributed by atoms with van der Waals surface area (Å²) in [5, 5.41) is 15.3. The molecule has 6 heteroatoms. The summed E-state index contributed by atoms with van der Waals surface area (Å²) in [5.74, 6) is -1.34. The van der Waals surface area contributed by atoms with Gasteiger partial charge in [0.2, 0.25) is 0 Å². The van der Waals surface area contributed by atoms with Crippen molar-refractivity contribution in [3.63, 3.8) is 0 Å². The van der Waals surface area contributed by atoms with E-state index in [9.17, 15) is 14.7 Å². The van der Waals surface area contributed by atoms with Crippen molar-refractivity contribution in [3.05, 3.63) is 28.8 Å². The molecule has 2 amide bonds. The molecule has 1 aliphatic carbocycles. The van der Waals surface area contributed by atoms with Gasteiger partial charge in [0.25, 0.3) is 0 Å². The Morgan fingerprint density at radius 1 is 1.32 bits per heavy atom. The average Bonchev–Trinajstić information content (AvgIpc) is 3.03. The number of hydrogen-bond donors (Lipinski definition) is 3. The minimum Gasteiger partial charge on any atom is -0.391 e. The van der Waals surface area contributed by atoms with E-state index in [0.29, 0.717) is 10.7 Å². The molecule has 0 aliphatic heterocycles. The molecule has 3 N–H and O–H groups in total. The van der Waals surface area contributed by atoms with Crippen molar-refractivity contribution in [3.8, 4) is 0 Å². The zero-order valence-electron chi connectivity index (χ0n) is 12.6. The number of hydrogen-bond acceptors (Lipinski definition) is 3. The Labute approximate surface area is 135 Å². The largest absolute Gasteiger partial charge is 0.391 e. The first-order chi connectivity index (χ1) is 10.5. The van der Waals surface area contributed by atoms with Crippen molar-refractivity contribution in [1.29, 1.82) is 0 Å². The second-order valence-electron chi connectivity index (χ2n) is 5.71. The fourth-order valence-corrected chi connectivity index (χ4v) is 2.88. The number of halogens is 1. The number of nitrogens with one attached hydrogen (secondary N) is 2. The molecule has 0 saturated heterocycles. The maximum Gasteiger partial charge on any atom is 0.313 e. The van der Waals surface area contributed by atoms with Gasteiger partial charge in [-0.2, -0.15) is 0 Å². The van der Waals surface area contributed by atoms with Crippen LogP contribution in [0.3, 0.4) is 0 Å². The number of carbonyl (C=O) groups is 2. The normalized spacial score (nSPS) is 16.3. The van der Waals surface area contributed by atoms with E-state index in [0.717, 1.165) is 31.2 Å². The molecule has 1 saturated carbocycles. The minimum atomic E-state index is -0.786. The molecular formula is C16H21ClN2O3. The SMILES string of the molecule is Cc1cccc(NC(=O)C(=O)NCC(O)C2CCCC2)c1Cl. The van der Waals surface area contributed by atoms with Gasteiger partial charge in [-0.15, -0.1) is 0 Å². The lowest BCUT2D eigenvalue weighted by molar-refractivity contribution is -0.136. The van der Waals surface area contributed by atoms with Gasteiger partial charge in [-0.05, 0) is 37.3 Å². The molecule has 1 aliphatic rings. The molecule has 22 heavy (non-hydrogen) atoms. The Hall–Kier alpha value is -1.59. The summed E-state index contributed by atoms with van der Waals surface area (Å²) in [6.45, 7) is 1.91. The molecule has 5 nitrogen and oxygen atoms in total. The van der Waals surface area contributed by atoms with Crippen LogP contribution in [0.25, 0.3) is 0 Å². The maximum atomic E-state index is 11.8. The smallest absolute Gasteiger partial charge is 0.313 e. The summed E-state index contributed by atoms with van der Waals surface area (Å²) in [6.07, 6.45) is 3.58. The third kappa shape index (κ3) is 4.21. The lowest BCUT2D eigenvalue weighted by Crippen LogP contribution is -2.41. The molecular weight excluding hydrogens is 304 g/mol. The monoisotopic (exact) mass is 324 g/mol. The zero-order valence-corrected chi connectivity index (χ0v) is 13.3. The Morgan fingerprint density at radius 3 is 2.68 bits per heavy atom. The van der Waals surface area contributed by atoms with Gasteiger partial charge in [0.05, 0.1) is 16.8 Å². The van der Waals surface area contributed by atoms with E-state index in [1.54, 1.807) is 12.1 Å². The van der Waals surface area contributed by atoms with Crippen LogP contribution < -0.4 is 10.6 Å². The molecule has 1 aromatic carbocycles. The van der Waals surface area contributed by atoms with E-state index < -0.39 is 17.9 Å². The first-order valence-corrected chi connectivity index (χ1v) is 7.89. The molecule has 0 heterocycles. The Kier molecular flexibility index (Phi) is 5.80. The van der Waals surface area contributed by atoms with Crippen LogP contribution >= 0.6 is 11.6 Å². The third-order valence-electron chi connectivity index (χ3n) is 4.06. The highest BCUT2D eigenvalue weighted by molar-refractivity contribution is 6.41. The molecule has 0 aromatic heterocycles. The molecule has 1 unspecified atom stereocenters. The molecule has 1 atom stereocenters. The van der Waals surface area contributed by atoms with Gasteiger partial charge in [-0.25, -0.2) is 0 Å². The summed E-state index contributed by atoms with van der Waals surface area (Å²) in [5.41, 5.74) is 1.22. The fraction of sp³-hybridized carbons (Fsp3) is 0.500. The van der Waals surface area contributed by atoms with Gasteiger partial charge in [0.15, 0.2) is 0 Å². The fourth-order valence-electron chi connectivity index (χ4n) is 2.71. The standard InChI is InChI=1S/C16H21ClN2O3/c1-10-5-4-8-12(14(10)17)19-16(22)15(21)18-9-13(20)11-6-2-3-7-11/h4-5,8,11,13,20H,2-3,6-7,9H2,1H3,(H,18,21)(H,19,22). The van der Waals surface area contributed by atoms with E-state index in [-0.39, 0.29) is 12.5 Å². The van der Waals surface area contributed by atoms with E-state index in [1.165, 1.54) is 0 Å². The maximum absolute atomic E-state index is 11.8. The van der Waals surface area contributed by atoms with Gasteiger partial charge in [0, 0.05) is 6.54 Å². The Morgan fingerprint density at radius 2 is 2.00 bits per heavy atom. The predicted molar refractivity (Wildman–Crippen MR) is 85.8 cm³/mol. The summed E-state index contributed by atoms with van der Waals surface area (Å²) in [4.78, 5) is 23.6. The van der Waals surface area contributed by atoms with Crippen molar-refractivity contribution in [1.82, 2.24) is 5.32 Å². The highest BCUT2D eigenvalue weighted by atomic mass is 35.5. The highest BCUT2D eigenvalue weighted by Crippen LogP contribution is 2.27. The Bertz CT molecular complexity index is 556. The van der Waals surface area contributed by atoms with Crippen LogP contribution in [0.1, 0.15) is 31.2 Å². The van der Waals surface area contributed by atoms with Gasteiger partial charge in [-0.3, -0.25) is 9.59 Å². The molecule has 1 fully saturated rings. The van der Waals surface area contributed by atoms with Gasteiger partial charge < -0.3 is 15.7 Å². The zero-order chi connectivity index (χ0) is 16.1. The predicted octanol–water partition coefficient (Wildman–Crippen LogP) is 2.25. The highest BCUT2D eigenvalue weighted by Gasteiger charge is 2.24. The number of carbonyl (C=O) groups excluding carboxylic acids is 2. The molecule has 0 bridgehead atoms. The van der Waals surface area contributed by atoms with Crippen LogP contribution in [-0.4, -0.2) is 29.6 Å².